The van der Waals surface area contributed by atoms with Crippen molar-refractivity contribution in [3.8, 4) is 11.3 Å². The zero-order valence-electron chi connectivity index (χ0n) is 15.2. The number of aromatic nitrogens is 2. The highest BCUT2D eigenvalue weighted by molar-refractivity contribution is 6.22. The monoisotopic (exact) mass is 336 g/mol. The largest absolute Gasteiger partial charge is 0.343 e. The Kier molecular flexibility index (Phi) is 3.17. The van der Waals surface area contributed by atoms with Gasteiger partial charge in [0.25, 0.3) is 0 Å². The molecule has 0 N–H and O–H groups in total. The van der Waals surface area contributed by atoms with E-state index in [-0.39, 0.29) is 0 Å². The summed E-state index contributed by atoms with van der Waals surface area (Å²) in [5.74, 6) is 0. The molecule has 5 rings (SSSR count). The number of nitrogens with zero attached hydrogens (tertiary/aromatic N) is 2. The lowest BCUT2D eigenvalue weighted by atomic mass is 9.99. The first-order valence-electron chi connectivity index (χ1n) is 8.98. The fraction of sp³-hybridized carbons (Fsp3) is 0.125. The van der Waals surface area contributed by atoms with E-state index in [0.29, 0.717) is 0 Å². The van der Waals surface area contributed by atoms with Crippen LogP contribution in [0.5, 0.6) is 0 Å². The minimum absolute atomic E-state index is 1.06. The van der Waals surface area contributed by atoms with E-state index in [0.717, 1.165) is 16.8 Å². The summed E-state index contributed by atoms with van der Waals surface area (Å²) in [5.41, 5.74) is 8.34. The Balaban J connectivity index is 2.12. The van der Waals surface area contributed by atoms with Gasteiger partial charge in [0.05, 0.1) is 16.7 Å². The standard InChI is InChI=1S/C24H20N2/c1-15-13-16(2)21-19(14-15)25-23(17-9-5-4-6-10-17)22-18-11-7-8-12-20(18)26(3)24(21)22/h4-14H,1-3H3. The van der Waals surface area contributed by atoms with E-state index in [1.807, 2.05) is 0 Å². The van der Waals surface area contributed by atoms with Crippen molar-refractivity contribution in [3.63, 3.8) is 0 Å². The maximum atomic E-state index is 5.15. The normalized spacial score (nSPS) is 11.7. The van der Waals surface area contributed by atoms with Gasteiger partial charge >= 0.3 is 0 Å². The van der Waals surface area contributed by atoms with E-state index < -0.39 is 0 Å². The highest BCUT2D eigenvalue weighted by atomic mass is 14.9. The number of pyridine rings is 1. The van der Waals surface area contributed by atoms with Crippen molar-refractivity contribution in [1.82, 2.24) is 9.55 Å². The molecule has 3 aromatic carbocycles. The Hall–Kier alpha value is -3.13. The predicted molar refractivity (Wildman–Crippen MR) is 111 cm³/mol. The molecule has 0 bridgehead atoms. The lowest BCUT2D eigenvalue weighted by Crippen LogP contribution is -1.95. The summed E-state index contributed by atoms with van der Waals surface area (Å²) >= 11 is 0. The van der Waals surface area contributed by atoms with E-state index in [4.69, 9.17) is 4.98 Å². The number of aryl methyl sites for hydroxylation is 3. The summed E-state index contributed by atoms with van der Waals surface area (Å²) in [6.07, 6.45) is 0. The smallest absolute Gasteiger partial charge is 0.0809 e. The van der Waals surface area contributed by atoms with Gasteiger partial charge in [-0.15, -0.1) is 0 Å². The molecule has 0 saturated carbocycles. The van der Waals surface area contributed by atoms with Gasteiger partial charge in [-0.05, 0) is 37.1 Å². The summed E-state index contributed by atoms with van der Waals surface area (Å²) < 4.78 is 2.32. The molecule has 0 atom stereocenters. The SMILES string of the molecule is Cc1cc(C)c2c(c1)nc(-c1ccccc1)c1c3ccccc3n(C)c21. The average molecular weight is 336 g/mol. The van der Waals surface area contributed by atoms with Gasteiger partial charge < -0.3 is 4.57 Å². The highest BCUT2D eigenvalue weighted by Crippen LogP contribution is 2.39. The Morgan fingerprint density at radius 2 is 1.54 bits per heavy atom. The molecule has 0 radical (unpaired) electrons. The van der Waals surface area contributed by atoms with Gasteiger partial charge in [-0.3, -0.25) is 0 Å². The zero-order valence-corrected chi connectivity index (χ0v) is 15.2. The quantitative estimate of drug-likeness (QED) is 0.358. The second-order valence-electron chi connectivity index (χ2n) is 7.10. The molecule has 5 aromatic rings. The first kappa shape index (κ1) is 15.2. The van der Waals surface area contributed by atoms with Crippen LogP contribution < -0.4 is 0 Å². The first-order chi connectivity index (χ1) is 12.6. The molecule has 0 aliphatic rings. The van der Waals surface area contributed by atoms with E-state index >= 15 is 0 Å². The summed E-state index contributed by atoms with van der Waals surface area (Å²) in [4.78, 5) is 5.15. The average Bonchev–Trinajstić information content (AvgIpc) is 2.95. The number of fused-ring (bicyclic) bond motifs is 5. The van der Waals surface area contributed by atoms with Crippen LogP contribution in [-0.2, 0) is 7.05 Å². The lowest BCUT2D eigenvalue weighted by Gasteiger charge is -2.11. The molecular formula is C24H20N2. The van der Waals surface area contributed by atoms with Crippen molar-refractivity contribution in [2.45, 2.75) is 13.8 Å². The molecule has 0 unspecified atom stereocenters. The van der Waals surface area contributed by atoms with Crippen molar-refractivity contribution < 1.29 is 0 Å². The fourth-order valence-electron chi connectivity index (χ4n) is 4.25. The van der Waals surface area contributed by atoms with Gasteiger partial charge in [-0.1, -0.05) is 54.6 Å². The third kappa shape index (κ3) is 2.02. The Morgan fingerprint density at radius 3 is 2.35 bits per heavy atom. The van der Waals surface area contributed by atoms with E-state index in [1.54, 1.807) is 0 Å². The molecule has 2 nitrogen and oxygen atoms in total. The molecular weight excluding hydrogens is 316 g/mol. The van der Waals surface area contributed by atoms with E-state index in [2.05, 4.69) is 92.2 Å². The van der Waals surface area contributed by atoms with Crippen LogP contribution in [0.1, 0.15) is 11.1 Å². The van der Waals surface area contributed by atoms with E-state index in [1.165, 1.54) is 38.3 Å². The van der Waals surface area contributed by atoms with Crippen molar-refractivity contribution in [1.29, 1.82) is 0 Å². The van der Waals surface area contributed by atoms with Crippen LogP contribution in [0.15, 0.2) is 66.7 Å². The number of para-hydroxylation sites is 1. The van der Waals surface area contributed by atoms with Crippen molar-refractivity contribution in [2.24, 2.45) is 7.05 Å². The summed E-state index contributed by atoms with van der Waals surface area (Å²) in [6.45, 7) is 4.33. The number of rotatable bonds is 1. The van der Waals surface area contributed by atoms with Crippen LogP contribution in [0, 0.1) is 13.8 Å². The molecule has 0 spiro atoms. The number of benzene rings is 3. The second-order valence-corrected chi connectivity index (χ2v) is 7.10. The van der Waals surface area contributed by atoms with Crippen LogP contribution in [0.25, 0.3) is 44.0 Å². The zero-order chi connectivity index (χ0) is 17.8. The summed E-state index contributed by atoms with van der Waals surface area (Å²) in [5, 5.41) is 3.76. The Morgan fingerprint density at radius 1 is 0.808 bits per heavy atom. The van der Waals surface area contributed by atoms with Gasteiger partial charge in [0.15, 0.2) is 0 Å². The molecule has 2 heterocycles. The number of hydrogen-bond donors (Lipinski definition) is 0. The van der Waals surface area contributed by atoms with Crippen LogP contribution in [0.4, 0.5) is 0 Å². The lowest BCUT2D eigenvalue weighted by molar-refractivity contribution is 1.02. The molecule has 26 heavy (non-hydrogen) atoms. The molecule has 0 fully saturated rings. The highest BCUT2D eigenvalue weighted by Gasteiger charge is 2.18. The minimum Gasteiger partial charge on any atom is -0.343 e. The van der Waals surface area contributed by atoms with Crippen molar-refractivity contribution in [2.75, 3.05) is 0 Å². The molecule has 0 amide bonds. The Bertz CT molecular complexity index is 1290. The fourth-order valence-corrected chi connectivity index (χ4v) is 4.25. The number of hydrogen-bond acceptors (Lipinski definition) is 1. The van der Waals surface area contributed by atoms with Crippen LogP contribution in [0.2, 0.25) is 0 Å². The third-order valence-electron chi connectivity index (χ3n) is 5.32. The maximum Gasteiger partial charge on any atom is 0.0809 e. The van der Waals surface area contributed by atoms with Crippen LogP contribution in [0.3, 0.4) is 0 Å². The van der Waals surface area contributed by atoms with Crippen LogP contribution in [-0.4, -0.2) is 9.55 Å². The third-order valence-corrected chi connectivity index (χ3v) is 5.32. The maximum absolute atomic E-state index is 5.15. The molecule has 0 aliphatic carbocycles. The van der Waals surface area contributed by atoms with Crippen LogP contribution >= 0.6 is 0 Å². The molecule has 0 aliphatic heterocycles. The first-order valence-corrected chi connectivity index (χ1v) is 8.98. The molecule has 2 heteroatoms. The van der Waals surface area contributed by atoms with Crippen molar-refractivity contribution in [3.05, 3.63) is 77.9 Å². The summed E-state index contributed by atoms with van der Waals surface area (Å²) in [6, 6.07) is 23.6. The van der Waals surface area contributed by atoms with Gasteiger partial charge in [0.2, 0.25) is 0 Å². The van der Waals surface area contributed by atoms with Gasteiger partial charge in [-0.2, -0.15) is 0 Å². The van der Waals surface area contributed by atoms with E-state index in [9.17, 15) is 0 Å². The minimum atomic E-state index is 1.06. The topological polar surface area (TPSA) is 17.8 Å². The molecule has 0 saturated heterocycles. The predicted octanol–water partition coefficient (Wildman–Crippen LogP) is 6.16. The summed E-state index contributed by atoms with van der Waals surface area (Å²) in [7, 11) is 2.16. The van der Waals surface area contributed by atoms with Gasteiger partial charge in [0.1, 0.15) is 0 Å². The molecule has 126 valence electrons. The van der Waals surface area contributed by atoms with Gasteiger partial charge in [-0.25, -0.2) is 4.98 Å². The Labute approximate surface area is 152 Å². The molecule has 2 aromatic heterocycles. The van der Waals surface area contributed by atoms with Crippen molar-refractivity contribution >= 4 is 32.7 Å². The second kappa shape index (κ2) is 5.43. The van der Waals surface area contributed by atoms with Gasteiger partial charge in [0, 0.05) is 34.3 Å².